The van der Waals surface area contributed by atoms with Crippen molar-refractivity contribution in [3.63, 3.8) is 0 Å². The Balaban J connectivity index is 2.63. The van der Waals surface area contributed by atoms with Crippen molar-refractivity contribution < 1.29 is 24.2 Å². The van der Waals surface area contributed by atoms with Crippen molar-refractivity contribution in [3.8, 4) is 0 Å². The molecule has 7 heteroatoms. The maximum absolute atomic E-state index is 11.9. The van der Waals surface area contributed by atoms with Crippen molar-refractivity contribution in [2.75, 3.05) is 7.11 Å². The molecule has 1 rings (SSSR count). The molecule has 0 aliphatic carbocycles. The predicted molar refractivity (Wildman–Crippen MR) is 73.8 cm³/mol. The van der Waals surface area contributed by atoms with Gasteiger partial charge in [0.2, 0.25) is 0 Å². The molecule has 1 aromatic rings. The average molecular weight is 299 g/mol. The molecular formula is C13H17NO5S. The quantitative estimate of drug-likeness (QED) is 0.743. The van der Waals surface area contributed by atoms with Gasteiger partial charge in [0.05, 0.1) is 12.0 Å². The van der Waals surface area contributed by atoms with Crippen LogP contribution in [0.3, 0.4) is 0 Å². The van der Waals surface area contributed by atoms with Crippen LogP contribution in [-0.2, 0) is 20.7 Å². The summed E-state index contributed by atoms with van der Waals surface area (Å²) in [6.45, 7) is 1.98. The number of ether oxygens (including phenoxy) is 1. The van der Waals surface area contributed by atoms with Crippen LogP contribution in [0.2, 0.25) is 0 Å². The molecule has 0 saturated carbocycles. The molecule has 1 amide bonds. The number of hydrogen-bond acceptors (Lipinski definition) is 5. The number of esters is 1. The lowest BCUT2D eigenvalue weighted by Crippen LogP contribution is -2.40. The van der Waals surface area contributed by atoms with Crippen LogP contribution in [0.4, 0.5) is 0 Å². The number of methoxy groups -OCH3 is 1. The molecule has 0 spiro atoms. The number of thiophene rings is 1. The third-order valence-corrected chi connectivity index (χ3v) is 3.93. The van der Waals surface area contributed by atoms with Gasteiger partial charge in [0.25, 0.3) is 5.91 Å². The molecule has 1 aromatic heterocycles. The molecule has 2 N–H and O–H groups in total. The second-order valence-corrected chi connectivity index (χ2v) is 5.27. The Morgan fingerprint density at radius 1 is 1.40 bits per heavy atom. The van der Waals surface area contributed by atoms with E-state index >= 15 is 0 Å². The van der Waals surface area contributed by atoms with E-state index in [1.165, 1.54) is 18.4 Å². The lowest BCUT2D eigenvalue weighted by Gasteiger charge is -2.13. The fourth-order valence-corrected chi connectivity index (χ4v) is 2.39. The van der Waals surface area contributed by atoms with Crippen LogP contribution >= 0.6 is 11.3 Å². The van der Waals surface area contributed by atoms with Crippen molar-refractivity contribution >= 4 is 29.2 Å². The van der Waals surface area contributed by atoms with Gasteiger partial charge in [0.1, 0.15) is 6.04 Å². The predicted octanol–water partition coefficient (Wildman–Crippen LogP) is 1.45. The molecule has 110 valence electrons. The van der Waals surface area contributed by atoms with E-state index in [-0.39, 0.29) is 12.8 Å². The van der Waals surface area contributed by atoms with Crippen molar-refractivity contribution in [1.29, 1.82) is 0 Å². The average Bonchev–Trinajstić information content (AvgIpc) is 2.91. The molecule has 0 aliphatic heterocycles. The van der Waals surface area contributed by atoms with Crippen molar-refractivity contribution in [2.45, 2.75) is 32.2 Å². The van der Waals surface area contributed by atoms with Gasteiger partial charge in [0.15, 0.2) is 0 Å². The first kappa shape index (κ1) is 16.2. The van der Waals surface area contributed by atoms with E-state index < -0.39 is 23.9 Å². The highest BCUT2D eigenvalue weighted by atomic mass is 32.1. The molecule has 0 bridgehead atoms. The van der Waals surface area contributed by atoms with Gasteiger partial charge in [-0.2, -0.15) is 0 Å². The highest BCUT2D eigenvalue weighted by Gasteiger charge is 2.22. The molecule has 0 radical (unpaired) electrons. The van der Waals surface area contributed by atoms with E-state index in [0.29, 0.717) is 4.88 Å². The monoisotopic (exact) mass is 299 g/mol. The zero-order chi connectivity index (χ0) is 15.1. The van der Waals surface area contributed by atoms with Crippen LogP contribution in [0.1, 0.15) is 34.3 Å². The van der Waals surface area contributed by atoms with E-state index in [0.717, 1.165) is 11.3 Å². The van der Waals surface area contributed by atoms with Gasteiger partial charge in [-0.15, -0.1) is 11.3 Å². The molecule has 0 aromatic carbocycles. The Labute approximate surface area is 120 Å². The van der Waals surface area contributed by atoms with E-state index in [2.05, 4.69) is 10.1 Å². The lowest BCUT2D eigenvalue weighted by atomic mass is 10.1. The SMILES string of the molecule is CCc1ccc(C(=O)N[C@H](CCC(=O)OC)C(=O)O)s1. The highest BCUT2D eigenvalue weighted by molar-refractivity contribution is 7.14. The van der Waals surface area contributed by atoms with Gasteiger partial charge in [0, 0.05) is 11.3 Å². The van der Waals surface area contributed by atoms with Gasteiger partial charge < -0.3 is 15.2 Å². The normalized spacial score (nSPS) is 11.7. The zero-order valence-corrected chi connectivity index (χ0v) is 12.2. The van der Waals surface area contributed by atoms with Crippen LogP contribution in [0.5, 0.6) is 0 Å². The highest BCUT2D eigenvalue weighted by Crippen LogP contribution is 2.17. The Hall–Kier alpha value is -1.89. The van der Waals surface area contributed by atoms with Gasteiger partial charge in [-0.25, -0.2) is 4.79 Å². The standard InChI is InChI=1S/C13H17NO5S/c1-3-8-4-6-10(20-8)12(16)14-9(13(17)18)5-7-11(15)19-2/h4,6,9H,3,5,7H2,1-2H3,(H,14,16)(H,17,18)/t9-/m1/s1. The smallest absolute Gasteiger partial charge is 0.326 e. The molecule has 1 heterocycles. The Bertz CT molecular complexity index is 497. The van der Waals surface area contributed by atoms with Gasteiger partial charge in [-0.05, 0) is 25.0 Å². The first-order valence-corrected chi connectivity index (χ1v) is 6.98. The third kappa shape index (κ3) is 4.65. The summed E-state index contributed by atoms with van der Waals surface area (Å²) in [6, 6.07) is 2.40. The maximum Gasteiger partial charge on any atom is 0.326 e. The first-order chi connectivity index (χ1) is 9.47. The van der Waals surface area contributed by atoms with E-state index in [9.17, 15) is 14.4 Å². The number of amides is 1. The third-order valence-electron chi connectivity index (χ3n) is 2.70. The van der Waals surface area contributed by atoms with Crippen LogP contribution in [0, 0.1) is 0 Å². The van der Waals surface area contributed by atoms with Crippen LogP contribution in [-0.4, -0.2) is 36.1 Å². The molecule has 1 atom stereocenters. The molecule has 0 saturated heterocycles. The Morgan fingerprint density at radius 3 is 2.60 bits per heavy atom. The molecule has 0 fully saturated rings. The zero-order valence-electron chi connectivity index (χ0n) is 11.3. The number of carboxylic acids is 1. The molecule has 20 heavy (non-hydrogen) atoms. The molecular weight excluding hydrogens is 282 g/mol. The topological polar surface area (TPSA) is 92.7 Å². The Kier molecular flexibility index (Phi) is 6.17. The minimum Gasteiger partial charge on any atom is -0.480 e. The van der Waals surface area contributed by atoms with Gasteiger partial charge in [-0.1, -0.05) is 6.92 Å². The van der Waals surface area contributed by atoms with E-state index in [1.807, 2.05) is 13.0 Å². The van der Waals surface area contributed by atoms with E-state index in [4.69, 9.17) is 5.11 Å². The van der Waals surface area contributed by atoms with Crippen molar-refractivity contribution in [2.24, 2.45) is 0 Å². The minimum absolute atomic E-state index is 0.000241. The lowest BCUT2D eigenvalue weighted by molar-refractivity contribution is -0.142. The number of aliphatic carboxylic acids is 1. The number of carbonyl (C=O) groups is 3. The summed E-state index contributed by atoms with van der Waals surface area (Å²) in [5.41, 5.74) is 0. The van der Waals surface area contributed by atoms with Crippen molar-refractivity contribution in [3.05, 3.63) is 21.9 Å². The molecule has 0 aliphatic rings. The number of aryl methyl sites for hydroxylation is 1. The fourth-order valence-electron chi connectivity index (χ4n) is 1.54. The Morgan fingerprint density at radius 2 is 2.10 bits per heavy atom. The largest absolute Gasteiger partial charge is 0.480 e. The van der Waals surface area contributed by atoms with Crippen molar-refractivity contribution in [1.82, 2.24) is 5.32 Å². The summed E-state index contributed by atoms with van der Waals surface area (Å²) in [6.07, 6.45) is 0.765. The first-order valence-electron chi connectivity index (χ1n) is 6.17. The summed E-state index contributed by atoms with van der Waals surface area (Å²) >= 11 is 1.33. The van der Waals surface area contributed by atoms with Gasteiger partial charge in [-0.3, -0.25) is 9.59 Å². The number of carboxylic acid groups (broad SMARTS) is 1. The summed E-state index contributed by atoms with van der Waals surface area (Å²) in [7, 11) is 1.23. The van der Waals surface area contributed by atoms with Gasteiger partial charge >= 0.3 is 11.9 Å². The van der Waals surface area contributed by atoms with Crippen LogP contribution in [0.25, 0.3) is 0 Å². The minimum atomic E-state index is -1.17. The van der Waals surface area contributed by atoms with Crippen LogP contribution in [0.15, 0.2) is 12.1 Å². The molecule has 0 unspecified atom stereocenters. The second kappa shape index (κ2) is 7.64. The summed E-state index contributed by atoms with van der Waals surface area (Å²) in [4.78, 5) is 35.5. The number of nitrogens with one attached hydrogen (secondary N) is 1. The second-order valence-electron chi connectivity index (χ2n) is 4.10. The molecule has 6 nitrogen and oxygen atoms in total. The summed E-state index contributed by atoms with van der Waals surface area (Å²) in [5, 5.41) is 11.5. The number of rotatable bonds is 7. The number of carbonyl (C=O) groups excluding carboxylic acids is 2. The fraction of sp³-hybridized carbons (Fsp3) is 0.462. The van der Waals surface area contributed by atoms with E-state index in [1.54, 1.807) is 6.07 Å². The number of hydrogen-bond donors (Lipinski definition) is 2. The maximum atomic E-state index is 11.9. The summed E-state index contributed by atoms with van der Waals surface area (Å²) in [5.74, 6) is -2.11. The van der Waals surface area contributed by atoms with Crippen LogP contribution < -0.4 is 5.32 Å². The summed E-state index contributed by atoms with van der Waals surface area (Å²) < 4.78 is 4.45.